The molecule has 0 radical (unpaired) electrons. The molecule has 1 saturated heterocycles. The first kappa shape index (κ1) is 10.2. The summed E-state index contributed by atoms with van der Waals surface area (Å²) in [5, 5.41) is 0.570. The summed E-state index contributed by atoms with van der Waals surface area (Å²) in [6.45, 7) is 5.58. The van der Waals surface area contributed by atoms with Gasteiger partial charge in [0.2, 0.25) is 0 Å². The lowest BCUT2D eigenvalue weighted by Gasteiger charge is -2.41. The number of H-pyrrole nitrogens is 1. The van der Waals surface area contributed by atoms with Crippen LogP contribution < -0.4 is 4.90 Å². The number of anilines is 1. The SMILES string of the molecule is [2H]c1nc(N(C)[C@@]2([2H])CN(C(=O)C([2H])([2H])[N+]#[C-])CC[C@@]2([2H])C)c2cc[nH]c2n1. The molecule has 1 aliphatic heterocycles. The standard InChI is InChI=1S/C16H20N6O/c1-11-5-7-22(14(23)8-17-2)9-13(11)21(3)16-12-4-6-18-15(12)19-10-20-16/h4,6,10-11,13H,5,7-9H2,1,3H3,(H,18,19,20)/t11-,13+/m1/s1/i8D2,10D,11D,13D. The highest BCUT2D eigenvalue weighted by Gasteiger charge is 2.33. The Bertz CT molecular complexity index is 970. The van der Waals surface area contributed by atoms with Crippen molar-refractivity contribution in [3.63, 3.8) is 0 Å². The fourth-order valence-corrected chi connectivity index (χ4v) is 2.73. The van der Waals surface area contributed by atoms with Crippen molar-refractivity contribution < 1.29 is 11.6 Å². The Morgan fingerprint density at radius 1 is 1.74 bits per heavy atom. The molecule has 2 aromatic rings. The van der Waals surface area contributed by atoms with E-state index >= 15 is 0 Å². The van der Waals surface area contributed by atoms with E-state index in [9.17, 15) is 4.79 Å². The average Bonchev–Trinajstić information content (AvgIpc) is 3.10. The molecule has 3 heterocycles. The number of aromatic amines is 1. The van der Waals surface area contributed by atoms with Gasteiger partial charge in [0.15, 0.2) is 0 Å². The van der Waals surface area contributed by atoms with Crippen LogP contribution in [0.2, 0.25) is 0 Å². The Balaban J connectivity index is 2.04. The predicted molar refractivity (Wildman–Crippen MR) is 87.9 cm³/mol. The number of aromatic nitrogens is 3. The molecule has 1 aliphatic rings. The van der Waals surface area contributed by atoms with Crippen molar-refractivity contribution >= 4 is 22.8 Å². The summed E-state index contributed by atoms with van der Waals surface area (Å²) in [7, 11) is 1.56. The fourth-order valence-electron chi connectivity index (χ4n) is 2.73. The first-order valence-corrected chi connectivity index (χ1v) is 7.16. The van der Waals surface area contributed by atoms with Gasteiger partial charge in [0.1, 0.15) is 21.9 Å². The van der Waals surface area contributed by atoms with Crippen LogP contribution in [0.15, 0.2) is 18.6 Å². The maximum atomic E-state index is 12.4. The molecule has 2 aromatic heterocycles. The molecule has 1 fully saturated rings. The van der Waals surface area contributed by atoms with E-state index in [1.165, 1.54) is 4.90 Å². The Morgan fingerprint density at radius 3 is 3.35 bits per heavy atom. The zero-order valence-electron chi connectivity index (χ0n) is 17.9. The predicted octanol–water partition coefficient (Wildman–Crippen LogP) is 1.55. The summed E-state index contributed by atoms with van der Waals surface area (Å²) in [5.41, 5.74) is 0.421. The number of piperidine rings is 1. The van der Waals surface area contributed by atoms with Gasteiger partial charge < -0.3 is 19.6 Å². The highest BCUT2D eigenvalue weighted by atomic mass is 16.2. The van der Waals surface area contributed by atoms with Gasteiger partial charge in [-0.2, -0.15) is 0 Å². The van der Waals surface area contributed by atoms with Crippen LogP contribution in [0, 0.1) is 12.5 Å². The molecule has 120 valence electrons. The zero-order valence-corrected chi connectivity index (χ0v) is 12.9. The second-order valence-electron chi connectivity index (χ2n) is 5.37. The van der Waals surface area contributed by atoms with Gasteiger partial charge in [-0.05, 0) is 18.4 Å². The lowest BCUT2D eigenvalue weighted by atomic mass is 9.92. The Kier molecular flexibility index (Phi) is 2.77. The molecule has 0 aliphatic carbocycles. The molecule has 7 nitrogen and oxygen atoms in total. The zero-order chi connectivity index (χ0) is 20.9. The van der Waals surface area contributed by atoms with Gasteiger partial charge in [-0.15, -0.1) is 0 Å². The minimum Gasteiger partial charge on any atom is -0.354 e. The summed E-state index contributed by atoms with van der Waals surface area (Å²) in [6.07, 6.45) is 1.50. The number of carbonyl (C=O) groups excluding carboxylic acids is 1. The highest BCUT2D eigenvalue weighted by molar-refractivity contribution is 5.87. The third-order valence-electron chi connectivity index (χ3n) is 4.04. The van der Waals surface area contributed by atoms with Gasteiger partial charge in [0.05, 0.1) is 12.8 Å². The van der Waals surface area contributed by atoms with Crippen LogP contribution >= 0.6 is 0 Å². The van der Waals surface area contributed by atoms with Crippen LogP contribution in [0.25, 0.3) is 15.9 Å². The van der Waals surface area contributed by atoms with Gasteiger partial charge in [0, 0.05) is 27.7 Å². The third-order valence-corrected chi connectivity index (χ3v) is 4.04. The number of likely N-dealkylation sites (tertiary alicyclic amines) is 1. The number of amides is 1. The number of fused-ring (bicyclic) bond motifs is 1. The van der Waals surface area contributed by atoms with Gasteiger partial charge in [0.25, 0.3) is 6.50 Å². The molecule has 0 unspecified atom stereocenters. The lowest BCUT2D eigenvalue weighted by molar-refractivity contribution is -0.130. The monoisotopic (exact) mass is 317 g/mol. The van der Waals surface area contributed by atoms with Crippen molar-refractivity contribution in [2.24, 2.45) is 5.89 Å². The van der Waals surface area contributed by atoms with Crippen molar-refractivity contribution in [3.8, 4) is 0 Å². The molecule has 1 N–H and O–H groups in total. The van der Waals surface area contributed by atoms with Crippen molar-refractivity contribution in [2.75, 3.05) is 31.5 Å². The second kappa shape index (κ2) is 6.24. The summed E-state index contributed by atoms with van der Waals surface area (Å²) in [4.78, 5) is 28.8. The van der Waals surface area contributed by atoms with Crippen molar-refractivity contribution in [1.29, 1.82) is 0 Å². The molecule has 0 spiro atoms. The second-order valence-corrected chi connectivity index (χ2v) is 5.37. The average molecular weight is 317 g/mol. The van der Waals surface area contributed by atoms with E-state index in [1.807, 2.05) is 0 Å². The molecule has 1 amide bonds. The van der Waals surface area contributed by atoms with Crippen LogP contribution in [-0.4, -0.2) is 58.4 Å². The Labute approximate surface area is 142 Å². The van der Waals surface area contributed by atoms with Crippen LogP contribution in [-0.2, 0) is 4.79 Å². The van der Waals surface area contributed by atoms with Crippen molar-refractivity contribution in [1.82, 2.24) is 19.9 Å². The maximum Gasteiger partial charge on any atom is 0.302 e. The van der Waals surface area contributed by atoms with Gasteiger partial charge in [-0.3, -0.25) is 4.79 Å². The largest absolute Gasteiger partial charge is 0.354 e. The van der Waals surface area contributed by atoms with E-state index in [1.54, 1.807) is 26.2 Å². The summed E-state index contributed by atoms with van der Waals surface area (Å²) >= 11 is 0. The molecule has 2 atom stereocenters. The highest BCUT2D eigenvalue weighted by Crippen LogP contribution is 2.28. The van der Waals surface area contributed by atoms with Crippen molar-refractivity contribution in [2.45, 2.75) is 19.4 Å². The molecule has 0 saturated carbocycles. The lowest BCUT2D eigenvalue weighted by Crippen LogP contribution is -2.53. The van der Waals surface area contributed by atoms with Crippen LogP contribution in [0.4, 0.5) is 5.82 Å². The summed E-state index contributed by atoms with van der Waals surface area (Å²) < 4.78 is 40.7. The molecular formula is C16H20N6O. The third kappa shape index (κ3) is 2.84. The summed E-state index contributed by atoms with van der Waals surface area (Å²) in [5.74, 6) is -2.06. The Morgan fingerprint density at radius 2 is 2.57 bits per heavy atom. The van der Waals surface area contributed by atoms with E-state index in [0.29, 0.717) is 11.0 Å². The first-order valence-electron chi connectivity index (χ1n) is 9.66. The van der Waals surface area contributed by atoms with Gasteiger partial charge in [-0.1, -0.05) is 6.92 Å². The van der Waals surface area contributed by atoms with Crippen LogP contribution in [0.5, 0.6) is 0 Å². The van der Waals surface area contributed by atoms with Crippen LogP contribution in [0.3, 0.4) is 0 Å². The molecular weight excluding hydrogens is 292 g/mol. The molecule has 3 rings (SSSR count). The number of likely N-dealkylation sites (N-methyl/N-ethyl adjacent to an activating group) is 1. The maximum absolute atomic E-state index is 12.4. The van der Waals surface area contributed by atoms with E-state index in [2.05, 4.69) is 19.8 Å². The number of nitrogens with one attached hydrogen (secondary N) is 1. The minimum absolute atomic E-state index is 0.0787. The smallest absolute Gasteiger partial charge is 0.302 e. The number of hydrogen-bond acceptors (Lipinski definition) is 4. The minimum atomic E-state index is -2.72. The van der Waals surface area contributed by atoms with E-state index in [-0.39, 0.29) is 31.6 Å². The Hall–Kier alpha value is -2.62. The number of rotatable bonds is 3. The molecule has 0 aromatic carbocycles. The van der Waals surface area contributed by atoms with E-state index in [0.717, 1.165) is 4.90 Å². The summed E-state index contributed by atoms with van der Waals surface area (Å²) in [6, 6.07) is 0.0125. The van der Waals surface area contributed by atoms with E-state index in [4.69, 9.17) is 13.4 Å². The van der Waals surface area contributed by atoms with Gasteiger partial charge in [-0.25, -0.2) is 16.5 Å². The fraction of sp³-hybridized carbons (Fsp3) is 0.500. The normalized spacial score (nSPS) is 31.3. The first-order chi connectivity index (χ1) is 12.9. The molecule has 23 heavy (non-hydrogen) atoms. The van der Waals surface area contributed by atoms with Gasteiger partial charge >= 0.3 is 5.91 Å². The number of hydrogen-bond donors (Lipinski definition) is 1. The quantitative estimate of drug-likeness (QED) is 0.872. The number of carbonyl (C=O) groups is 1. The topological polar surface area (TPSA) is 69.5 Å². The van der Waals surface area contributed by atoms with Crippen LogP contribution in [0.1, 0.15) is 20.2 Å². The molecule has 0 bridgehead atoms. The number of nitrogens with zero attached hydrogens (tertiary/aromatic N) is 5. The molecule has 7 heteroatoms. The van der Waals surface area contributed by atoms with E-state index < -0.39 is 24.3 Å². The van der Waals surface area contributed by atoms with Crippen molar-refractivity contribution in [3.05, 3.63) is 30.0 Å².